The lowest BCUT2D eigenvalue weighted by Gasteiger charge is -2.09. The number of aromatic amines is 1. The summed E-state index contributed by atoms with van der Waals surface area (Å²) >= 11 is 0. The van der Waals surface area contributed by atoms with Crippen molar-refractivity contribution in [1.82, 2.24) is 20.1 Å². The van der Waals surface area contributed by atoms with E-state index in [0.29, 0.717) is 6.54 Å². The molecule has 0 aliphatic heterocycles. The first-order valence-corrected chi connectivity index (χ1v) is 6.78. The number of nitrogens with zero attached hydrogens (tertiary/aromatic N) is 2. The molecule has 2 rings (SSSR count). The highest BCUT2D eigenvalue weighted by Crippen LogP contribution is 2.07. The Balaban J connectivity index is 1.79. The van der Waals surface area contributed by atoms with Crippen LogP contribution < -0.4 is 5.32 Å². The Kier molecular flexibility index (Phi) is 5.08. The molecule has 0 spiro atoms. The summed E-state index contributed by atoms with van der Waals surface area (Å²) in [6.45, 7) is 1.96. The number of H-pyrrole nitrogens is 1. The van der Waals surface area contributed by atoms with E-state index in [-0.39, 0.29) is 11.6 Å². The largest absolute Gasteiger partial charge is 0.351 e. The van der Waals surface area contributed by atoms with Gasteiger partial charge in [0.2, 0.25) is 0 Å². The molecule has 5 nitrogen and oxygen atoms in total. The highest BCUT2D eigenvalue weighted by atomic mass is 19.3. The zero-order valence-corrected chi connectivity index (χ0v) is 11.8. The summed E-state index contributed by atoms with van der Waals surface area (Å²) in [5.74, 6) is -0.329. The number of carbonyl (C=O) groups excluding carboxylic acids is 1. The Morgan fingerprint density at radius 3 is 3.00 bits per heavy atom. The minimum atomic E-state index is -2.48. The molecule has 0 saturated heterocycles. The Morgan fingerprint density at radius 2 is 2.33 bits per heavy atom. The number of aryl methyl sites for hydroxylation is 2. The Bertz CT molecular complexity index is 591. The van der Waals surface area contributed by atoms with Crippen LogP contribution in [0.15, 0.2) is 24.5 Å². The molecule has 0 atom stereocenters. The predicted molar refractivity (Wildman–Crippen MR) is 74.4 cm³/mol. The molecule has 0 aromatic carbocycles. The van der Waals surface area contributed by atoms with E-state index >= 15 is 0 Å². The van der Waals surface area contributed by atoms with Gasteiger partial charge in [0.1, 0.15) is 5.69 Å². The van der Waals surface area contributed by atoms with Gasteiger partial charge in [-0.1, -0.05) is 0 Å². The SMILES string of the molecule is Cc1[nH]ncc1CCCNC(=O)c1cccn1CC(F)F. The molecule has 0 saturated carbocycles. The lowest BCUT2D eigenvalue weighted by atomic mass is 10.1. The molecule has 2 heterocycles. The molecule has 0 bridgehead atoms. The average molecular weight is 296 g/mol. The number of aromatic nitrogens is 3. The second-order valence-electron chi connectivity index (χ2n) is 4.82. The van der Waals surface area contributed by atoms with Crippen molar-refractivity contribution in [2.24, 2.45) is 0 Å². The first-order valence-electron chi connectivity index (χ1n) is 6.78. The molecule has 21 heavy (non-hydrogen) atoms. The van der Waals surface area contributed by atoms with Crippen LogP contribution >= 0.6 is 0 Å². The number of hydrogen-bond acceptors (Lipinski definition) is 2. The van der Waals surface area contributed by atoms with Crippen molar-refractivity contribution < 1.29 is 13.6 Å². The molecule has 0 unspecified atom stereocenters. The van der Waals surface area contributed by atoms with Crippen LogP contribution in [0, 0.1) is 6.92 Å². The molecule has 7 heteroatoms. The van der Waals surface area contributed by atoms with Gasteiger partial charge in [-0.05, 0) is 37.5 Å². The van der Waals surface area contributed by atoms with E-state index in [9.17, 15) is 13.6 Å². The van der Waals surface area contributed by atoms with Gasteiger partial charge in [-0.25, -0.2) is 8.78 Å². The summed E-state index contributed by atoms with van der Waals surface area (Å²) in [6.07, 6.45) is 2.34. The zero-order chi connectivity index (χ0) is 15.2. The smallest absolute Gasteiger partial charge is 0.267 e. The number of rotatable bonds is 7. The third-order valence-electron chi connectivity index (χ3n) is 3.24. The molecule has 0 fully saturated rings. The average Bonchev–Trinajstić information content (AvgIpc) is 3.03. The molecule has 0 radical (unpaired) electrons. The van der Waals surface area contributed by atoms with E-state index in [1.165, 1.54) is 16.8 Å². The van der Waals surface area contributed by atoms with Crippen LogP contribution in [0.3, 0.4) is 0 Å². The van der Waals surface area contributed by atoms with Crippen molar-refractivity contribution in [2.45, 2.75) is 32.7 Å². The lowest BCUT2D eigenvalue weighted by molar-refractivity contribution is 0.0930. The molecule has 0 aliphatic rings. The van der Waals surface area contributed by atoms with E-state index in [4.69, 9.17) is 0 Å². The fraction of sp³-hybridized carbons (Fsp3) is 0.429. The van der Waals surface area contributed by atoms with Crippen molar-refractivity contribution >= 4 is 5.91 Å². The van der Waals surface area contributed by atoms with Gasteiger partial charge < -0.3 is 9.88 Å². The van der Waals surface area contributed by atoms with E-state index < -0.39 is 13.0 Å². The predicted octanol–water partition coefficient (Wildman–Crippen LogP) is 2.15. The van der Waals surface area contributed by atoms with Gasteiger partial charge >= 0.3 is 0 Å². The summed E-state index contributed by atoms with van der Waals surface area (Å²) in [5.41, 5.74) is 2.40. The van der Waals surface area contributed by atoms with Crippen molar-refractivity contribution in [3.8, 4) is 0 Å². The molecule has 2 aromatic rings. The van der Waals surface area contributed by atoms with Crippen LogP contribution in [0.25, 0.3) is 0 Å². The molecule has 1 amide bonds. The first kappa shape index (κ1) is 15.2. The summed E-state index contributed by atoms with van der Waals surface area (Å²) in [6, 6.07) is 3.13. The Morgan fingerprint density at radius 1 is 1.52 bits per heavy atom. The van der Waals surface area contributed by atoms with Crippen LogP contribution in [-0.2, 0) is 13.0 Å². The van der Waals surface area contributed by atoms with E-state index in [1.807, 2.05) is 6.92 Å². The summed E-state index contributed by atoms with van der Waals surface area (Å²) < 4.78 is 26.0. The third-order valence-corrected chi connectivity index (χ3v) is 3.24. The maximum Gasteiger partial charge on any atom is 0.267 e. The quantitative estimate of drug-likeness (QED) is 0.769. The maximum absolute atomic E-state index is 12.4. The number of halogens is 2. The van der Waals surface area contributed by atoms with Crippen molar-refractivity contribution in [2.75, 3.05) is 6.54 Å². The standard InChI is InChI=1S/C14H18F2N4O/c1-10-11(8-18-19-10)4-2-6-17-14(21)12-5-3-7-20(12)9-13(15)16/h3,5,7-8,13H,2,4,6,9H2,1H3,(H,17,21)(H,18,19). The molecular weight excluding hydrogens is 278 g/mol. The molecule has 114 valence electrons. The summed E-state index contributed by atoms with van der Waals surface area (Å²) in [5, 5.41) is 9.53. The van der Waals surface area contributed by atoms with Gasteiger partial charge in [0, 0.05) is 18.4 Å². The first-order chi connectivity index (χ1) is 10.1. The van der Waals surface area contributed by atoms with Crippen LogP contribution in [0.2, 0.25) is 0 Å². The second kappa shape index (κ2) is 7.01. The zero-order valence-electron chi connectivity index (χ0n) is 11.8. The second-order valence-corrected chi connectivity index (χ2v) is 4.82. The van der Waals surface area contributed by atoms with Gasteiger partial charge in [-0.3, -0.25) is 9.89 Å². The lowest BCUT2D eigenvalue weighted by Crippen LogP contribution is -2.27. The van der Waals surface area contributed by atoms with Crippen molar-refractivity contribution in [3.63, 3.8) is 0 Å². The van der Waals surface area contributed by atoms with Gasteiger partial charge in [-0.15, -0.1) is 0 Å². The Hall–Kier alpha value is -2.18. The highest BCUT2D eigenvalue weighted by molar-refractivity contribution is 5.92. The van der Waals surface area contributed by atoms with Crippen molar-refractivity contribution in [1.29, 1.82) is 0 Å². The van der Waals surface area contributed by atoms with Crippen LogP contribution in [-0.4, -0.2) is 33.6 Å². The topological polar surface area (TPSA) is 62.7 Å². The third kappa shape index (κ3) is 4.14. The normalized spacial score (nSPS) is 11.0. The van der Waals surface area contributed by atoms with E-state index in [1.54, 1.807) is 12.3 Å². The highest BCUT2D eigenvalue weighted by Gasteiger charge is 2.13. The minimum Gasteiger partial charge on any atom is -0.351 e. The fourth-order valence-electron chi connectivity index (χ4n) is 2.13. The van der Waals surface area contributed by atoms with Gasteiger partial charge in [0.05, 0.1) is 12.7 Å². The van der Waals surface area contributed by atoms with Crippen LogP contribution in [0.1, 0.15) is 28.2 Å². The molecule has 0 aliphatic carbocycles. The minimum absolute atomic E-state index is 0.259. The van der Waals surface area contributed by atoms with E-state index in [2.05, 4.69) is 15.5 Å². The molecule has 2 aromatic heterocycles. The summed E-state index contributed by atoms with van der Waals surface area (Å²) in [7, 11) is 0. The summed E-state index contributed by atoms with van der Waals surface area (Å²) in [4.78, 5) is 11.9. The van der Waals surface area contributed by atoms with Crippen LogP contribution in [0.4, 0.5) is 8.78 Å². The number of hydrogen-bond donors (Lipinski definition) is 2. The molecule has 2 N–H and O–H groups in total. The van der Waals surface area contributed by atoms with Crippen molar-refractivity contribution in [3.05, 3.63) is 41.5 Å². The van der Waals surface area contributed by atoms with Crippen LogP contribution in [0.5, 0.6) is 0 Å². The maximum atomic E-state index is 12.4. The number of amides is 1. The Labute approximate surface area is 121 Å². The van der Waals surface area contributed by atoms with Gasteiger partial charge in [-0.2, -0.15) is 5.10 Å². The van der Waals surface area contributed by atoms with Gasteiger partial charge in [0.25, 0.3) is 12.3 Å². The van der Waals surface area contributed by atoms with E-state index in [0.717, 1.165) is 24.1 Å². The number of alkyl halides is 2. The number of carbonyl (C=O) groups is 1. The fourth-order valence-corrected chi connectivity index (χ4v) is 2.13. The number of nitrogens with one attached hydrogen (secondary N) is 2. The van der Waals surface area contributed by atoms with Gasteiger partial charge in [0.15, 0.2) is 0 Å². The monoisotopic (exact) mass is 296 g/mol. The molecular formula is C14H18F2N4O.